The van der Waals surface area contributed by atoms with Gasteiger partial charge in [0.05, 0.1) is 0 Å². The molecule has 2 heteroatoms. The van der Waals surface area contributed by atoms with Gasteiger partial charge >= 0.3 is 0 Å². The molecule has 2 aromatic rings. The van der Waals surface area contributed by atoms with E-state index < -0.39 is 0 Å². The van der Waals surface area contributed by atoms with Gasteiger partial charge in [-0.25, -0.2) is 0 Å². The lowest BCUT2D eigenvalue weighted by Crippen LogP contribution is -2.35. The van der Waals surface area contributed by atoms with E-state index in [0.717, 1.165) is 0 Å². The molecule has 0 bridgehead atoms. The summed E-state index contributed by atoms with van der Waals surface area (Å²) in [7, 11) is 2.03. The van der Waals surface area contributed by atoms with Gasteiger partial charge in [0.25, 0.3) is 0 Å². The summed E-state index contributed by atoms with van der Waals surface area (Å²) in [5, 5.41) is 7.82. The number of likely N-dealkylation sites (N-methyl/N-ethyl adjacent to an activating group) is 1. The van der Waals surface area contributed by atoms with Crippen molar-refractivity contribution in [2.45, 2.75) is 25.3 Å². The van der Waals surface area contributed by atoms with E-state index >= 15 is 0 Å². The highest BCUT2D eigenvalue weighted by Crippen LogP contribution is 2.37. The van der Waals surface area contributed by atoms with Gasteiger partial charge in [0.2, 0.25) is 0 Å². The van der Waals surface area contributed by atoms with Crippen LogP contribution in [0, 0.1) is 0 Å². The van der Waals surface area contributed by atoms with Crippen molar-refractivity contribution in [2.75, 3.05) is 7.05 Å². The number of rotatable bonds is 4. The first-order valence-corrected chi connectivity index (χ1v) is 6.85. The van der Waals surface area contributed by atoms with Gasteiger partial charge in [0.15, 0.2) is 0 Å². The third-order valence-corrected chi connectivity index (χ3v) is 4.11. The third kappa shape index (κ3) is 2.43. The van der Waals surface area contributed by atoms with E-state index in [0.29, 0.717) is 6.04 Å². The van der Waals surface area contributed by atoms with Crippen LogP contribution in [0.2, 0.25) is 0 Å². The van der Waals surface area contributed by atoms with Crippen molar-refractivity contribution < 1.29 is 0 Å². The van der Waals surface area contributed by atoms with Crippen LogP contribution in [0.5, 0.6) is 0 Å². The van der Waals surface area contributed by atoms with E-state index in [2.05, 4.69) is 66.3 Å². The smallest absolute Gasteiger partial charge is 0.0418 e. The Kier molecular flexibility index (Phi) is 3.65. The van der Waals surface area contributed by atoms with Crippen LogP contribution < -0.4 is 5.32 Å². The monoisotopic (exact) mass is 245 g/mol. The molecular formula is C15H19NS. The highest BCUT2D eigenvalue weighted by Gasteiger charge is 2.31. The average molecular weight is 245 g/mol. The molecule has 1 aromatic carbocycles. The van der Waals surface area contributed by atoms with E-state index in [-0.39, 0.29) is 5.41 Å². The number of thiophene rings is 1. The summed E-state index contributed by atoms with van der Waals surface area (Å²) >= 11 is 1.75. The number of hydrogen-bond acceptors (Lipinski definition) is 2. The lowest BCUT2D eigenvalue weighted by Gasteiger charge is -2.34. The molecule has 1 atom stereocenters. The lowest BCUT2D eigenvalue weighted by molar-refractivity contribution is 0.369. The van der Waals surface area contributed by atoms with Crippen LogP contribution >= 0.6 is 11.3 Å². The quantitative estimate of drug-likeness (QED) is 0.859. The predicted octanol–water partition coefficient (Wildman–Crippen LogP) is 3.99. The van der Waals surface area contributed by atoms with E-state index in [1.807, 2.05) is 7.05 Å². The Bertz CT molecular complexity index is 445. The number of benzene rings is 1. The van der Waals surface area contributed by atoms with Crippen LogP contribution in [-0.4, -0.2) is 7.05 Å². The minimum atomic E-state index is 0.0804. The summed E-state index contributed by atoms with van der Waals surface area (Å²) in [5.41, 5.74) is 2.81. The molecule has 1 N–H and O–H groups in total. The van der Waals surface area contributed by atoms with Crippen molar-refractivity contribution >= 4 is 11.3 Å². The Morgan fingerprint density at radius 1 is 1.12 bits per heavy atom. The molecule has 1 unspecified atom stereocenters. The van der Waals surface area contributed by atoms with Crippen LogP contribution in [-0.2, 0) is 5.41 Å². The Hall–Kier alpha value is -1.12. The van der Waals surface area contributed by atoms with Gasteiger partial charge in [-0.3, -0.25) is 0 Å². The second-order valence-electron chi connectivity index (χ2n) is 4.87. The first-order chi connectivity index (χ1) is 8.16. The largest absolute Gasteiger partial charge is 0.312 e. The molecule has 0 aliphatic heterocycles. The van der Waals surface area contributed by atoms with Crippen molar-refractivity contribution in [1.29, 1.82) is 0 Å². The molecule has 0 saturated carbocycles. The van der Waals surface area contributed by atoms with E-state index in [1.54, 1.807) is 11.3 Å². The molecule has 0 aliphatic carbocycles. The van der Waals surface area contributed by atoms with Gasteiger partial charge < -0.3 is 5.32 Å². The summed E-state index contributed by atoms with van der Waals surface area (Å²) in [6.07, 6.45) is 0. The molecule has 0 fully saturated rings. The second-order valence-corrected chi connectivity index (χ2v) is 5.65. The summed E-state index contributed by atoms with van der Waals surface area (Å²) in [4.78, 5) is 0. The number of nitrogens with one attached hydrogen (secondary N) is 1. The fraction of sp³-hybridized carbons (Fsp3) is 0.333. The molecule has 1 aromatic heterocycles. The van der Waals surface area contributed by atoms with Crippen molar-refractivity contribution in [2.24, 2.45) is 0 Å². The minimum Gasteiger partial charge on any atom is -0.312 e. The van der Waals surface area contributed by atoms with E-state index in [1.165, 1.54) is 11.1 Å². The molecular weight excluding hydrogens is 226 g/mol. The standard InChI is InChI=1S/C15H19NS/c1-15(2,13-7-5-4-6-8-13)14(16-3)12-9-10-17-11-12/h4-11,14,16H,1-3H3. The Morgan fingerprint density at radius 2 is 1.82 bits per heavy atom. The first-order valence-electron chi connectivity index (χ1n) is 5.91. The fourth-order valence-electron chi connectivity index (χ4n) is 2.42. The lowest BCUT2D eigenvalue weighted by atomic mass is 9.75. The van der Waals surface area contributed by atoms with Gasteiger partial charge in [0.1, 0.15) is 0 Å². The second kappa shape index (κ2) is 5.03. The molecule has 0 aliphatic rings. The van der Waals surface area contributed by atoms with Gasteiger partial charge in [-0.1, -0.05) is 44.2 Å². The minimum absolute atomic E-state index is 0.0804. The maximum absolute atomic E-state index is 3.45. The molecule has 0 amide bonds. The normalized spacial score (nSPS) is 13.6. The van der Waals surface area contributed by atoms with E-state index in [4.69, 9.17) is 0 Å². The average Bonchev–Trinajstić information content (AvgIpc) is 2.84. The van der Waals surface area contributed by atoms with Crippen molar-refractivity contribution in [3.8, 4) is 0 Å². The van der Waals surface area contributed by atoms with Crippen LogP contribution in [0.1, 0.15) is 31.0 Å². The Balaban J connectivity index is 2.37. The molecule has 1 nitrogen and oxygen atoms in total. The molecule has 0 saturated heterocycles. The van der Waals surface area contributed by atoms with Gasteiger partial charge in [-0.05, 0) is 35.0 Å². The zero-order valence-electron chi connectivity index (χ0n) is 10.6. The summed E-state index contributed by atoms with van der Waals surface area (Å²) in [6.45, 7) is 4.59. The predicted molar refractivity (Wildman–Crippen MR) is 75.6 cm³/mol. The summed E-state index contributed by atoms with van der Waals surface area (Å²) < 4.78 is 0. The fourth-order valence-corrected chi connectivity index (χ4v) is 3.10. The van der Waals surface area contributed by atoms with Crippen molar-refractivity contribution in [3.05, 3.63) is 58.3 Å². The maximum atomic E-state index is 3.45. The third-order valence-electron chi connectivity index (χ3n) is 3.40. The molecule has 0 spiro atoms. The maximum Gasteiger partial charge on any atom is 0.0418 e. The van der Waals surface area contributed by atoms with Gasteiger partial charge in [-0.2, -0.15) is 11.3 Å². The first kappa shape index (κ1) is 12.3. The van der Waals surface area contributed by atoms with Crippen molar-refractivity contribution in [1.82, 2.24) is 5.32 Å². The molecule has 17 heavy (non-hydrogen) atoms. The van der Waals surface area contributed by atoms with Gasteiger partial charge in [0, 0.05) is 11.5 Å². The highest BCUT2D eigenvalue weighted by molar-refractivity contribution is 7.07. The van der Waals surface area contributed by atoms with E-state index in [9.17, 15) is 0 Å². The summed E-state index contributed by atoms with van der Waals surface area (Å²) in [6, 6.07) is 13.2. The van der Waals surface area contributed by atoms with Crippen LogP contribution in [0.15, 0.2) is 47.2 Å². The van der Waals surface area contributed by atoms with Crippen molar-refractivity contribution in [3.63, 3.8) is 0 Å². The van der Waals surface area contributed by atoms with Crippen LogP contribution in [0.4, 0.5) is 0 Å². The topological polar surface area (TPSA) is 12.0 Å². The van der Waals surface area contributed by atoms with Crippen LogP contribution in [0.25, 0.3) is 0 Å². The molecule has 2 rings (SSSR count). The molecule has 1 heterocycles. The SMILES string of the molecule is CNC(c1ccsc1)C(C)(C)c1ccccc1. The highest BCUT2D eigenvalue weighted by atomic mass is 32.1. The zero-order chi connectivity index (χ0) is 12.3. The molecule has 0 radical (unpaired) electrons. The van der Waals surface area contributed by atoms with Crippen LogP contribution in [0.3, 0.4) is 0 Å². The Morgan fingerprint density at radius 3 is 2.35 bits per heavy atom. The Labute approximate surface area is 108 Å². The number of hydrogen-bond donors (Lipinski definition) is 1. The zero-order valence-corrected chi connectivity index (χ0v) is 11.4. The molecule has 90 valence electrons. The summed E-state index contributed by atoms with van der Waals surface area (Å²) in [5.74, 6) is 0. The van der Waals surface area contributed by atoms with Gasteiger partial charge in [-0.15, -0.1) is 0 Å².